The number of nitrogens with one attached hydrogen (secondary N) is 1. The molecule has 0 amide bonds. The first kappa shape index (κ1) is 12.3. The van der Waals surface area contributed by atoms with Crippen LogP contribution in [0.2, 0.25) is 0 Å². The molecule has 5 heteroatoms. The summed E-state index contributed by atoms with van der Waals surface area (Å²) in [5, 5.41) is 14.9. The number of nitrogens with two attached hydrogens (primary N) is 1. The lowest BCUT2D eigenvalue weighted by molar-refractivity contribution is 0.0555. The van der Waals surface area contributed by atoms with Crippen LogP contribution in [0.1, 0.15) is 26.7 Å². The van der Waals surface area contributed by atoms with E-state index in [1.807, 2.05) is 6.92 Å². The Hall–Kier alpha value is -0.810. The molecule has 1 saturated heterocycles. The van der Waals surface area contributed by atoms with E-state index < -0.39 is 0 Å². The third-order valence-electron chi connectivity index (χ3n) is 3.05. The summed E-state index contributed by atoms with van der Waals surface area (Å²) in [6.07, 6.45) is 2.16. The van der Waals surface area contributed by atoms with Crippen molar-refractivity contribution in [3.63, 3.8) is 0 Å². The molecule has 1 heterocycles. The van der Waals surface area contributed by atoms with Crippen molar-refractivity contribution in [2.75, 3.05) is 13.2 Å². The maximum Gasteiger partial charge on any atom is 0.156 e. The average Bonchev–Trinajstić information content (AvgIpc) is 2.29. The molecule has 4 N–H and O–H groups in total. The zero-order chi connectivity index (χ0) is 11.3. The summed E-state index contributed by atoms with van der Waals surface area (Å²) in [6.45, 7) is 5.71. The zero-order valence-corrected chi connectivity index (χ0v) is 9.44. The molecule has 5 nitrogen and oxygen atoms in total. The Morgan fingerprint density at radius 1 is 1.47 bits per heavy atom. The van der Waals surface area contributed by atoms with Gasteiger partial charge in [0.25, 0.3) is 0 Å². The molecule has 0 bridgehead atoms. The standard InChI is InChI=1S/C10H21N3O2/c1-7(9-3-5-15-6-4-9)12-8(2)10(11)13-14/h7-9,12,14H,3-6H2,1-2H3,(H2,11,13). The molecular formula is C10H21N3O2. The van der Waals surface area contributed by atoms with Gasteiger partial charge < -0.3 is 21.0 Å². The minimum absolute atomic E-state index is 0.0900. The van der Waals surface area contributed by atoms with Gasteiger partial charge in [-0.3, -0.25) is 0 Å². The van der Waals surface area contributed by atoms with Gasteiger partial charge in [0.15, 0.2) is 5.84 Å². The Bertz CT molecular complexity index is 215. The monoisotopic (exact) mass is 215 g/mol. The smallest absolute Gasteiger partial charge is 0.156 e. The van der Waals surface area contributed by atoms with E-state index >= 15 is 0 Å². The summed E-state index contributed by atoms with van der Waals surface area (Å²) < 4.78 is 5.31. The van der Waals surface area contributed by atoms with E-state index in [9.17, 15) is 0 Å². The zero-order valence-electron chi connectivity index (χ0n) is 9.44. The maximum absolute atomic E-state index is 8.53. The molecule has 0 aromatic rings. The van der Waals surface area contributed by atoms with Crippen LogP contribution in [0.4, 0.5) is 0 Å². The normalized spacial score (nSPS) is 23.7. The lowest BCUT2D eigenvalue weighted by Gasteiger charge is -2.30. The van der Waals surface area contributed by atoms with Gasteiger partial charge in [0.1, 0.15) is 0 Å². The van der Waals surface area contributed by atoms with E-state index in [1.165, 1.54) is 0 Å². The first-order valence-corrected chi connectivity index (χ1v) is 5.46. The van der Waals surface area contributed by atoms with E-state index in [-0.39, 0.29) is 11.9 Å². The van der Waals surface area contributed by atoms with Gasteiger partial charge in [-0.1, -0.05) is 5.16 Å². The third-order valence-corrected chi connectivity index (χ3v) is 3.05. The highest BCUT2D eigenvalue weighted by Crippen LogP contribution is 2.18. The quantitative estimate of drug-likeness (QED) is 0.276. The Morgan fingerprint density at radius 3 is 2.60 bits per heavy atom. The number of amidine groups is 1. The molecule has 2 unspecified atom stereocenters. The van der Waals surface area contributed by atoms with E-state index in [2.05, 4.69) is 17.4 Å². The fourth-order valence-corrected chi connectivity index (χ4v) is 1.92. The number of ether oxygens (including phenoxy) is 1. The average molecular weight is 215 g/mol. The lowest BCUT2D eigenvalue weighted by Crippen LogP contribution is -2.47. The predicted molar refractivity (Wildman–Crippen MR) is 59.0 cm³/mol. The van der Waals surface area contributed by atoms with Gasteiger partial charge in [-0.05, 0) is 32.6 Å². The second-order valence-electron chi connectivity index (χ2n) is 4.15. The maximum atomic E-state index is 8.53. The number of hydrogen-bond acceptors (Lipinski definition) is 4. The second-order valence-corrected chi connectivity index (χ2v) is 4.15. The predicted octanol–water partition coefficient (Wildman–Crippen LogP) is 0.526. The summed E-state index contributed by atoms with van der Waals surface area (Å²) in [5.74, 6) is 0.849. The lowest BCUT2D eigenvalue weighted by atomic mass is 9.92. The van der Waals surface area contributed by atoms with Crippen LogP contribution in [0.15, 0.2) is 5.16 Å². The van der Waals surface area contributed by atoms with Gasteiger partial charge in [-0.15, -0.1) is 0 Å². The number of rotatable bonds is 4. The van der Waals surface area contributed by atoms with Crippen LogP contribution in [-0.2, 0) is 4.74 Å². The first-order chi connectivity index (χ1) is 7.15. The topological polar surface area (TPSA) is 79.9 Å². The molecule has 15 heavy (non-hydrogen) atoms. The van der Waals surface area contributed by atoms with E-state index in [1.54, 1.807) is 0 Å². The molecule has 1 fully saturated rings. The van der Waals surface area contributed by atoms with Gasteiger partial charge in [0.2, 0.25) is 0 Å². The summed E-state index contributed by atoms with van der Waals surface area (Å²) in [7, 11) is 0. The van der Waals surface area contributed by atoms with Crippen LogP contribution in [-0.4, -0.2) is 36.3 Å². The van der Waals surface area contributed by atoms with Gasteiger partial charge in [-0.2, -0.15) is 0 Å². The Kier molecular flexibility index (Phi) is 4.84. The van der Waals surface area contributed by atoms with Crippen LogP contribution in [0.5, 0.6) is 0 Å². The van der Waals surface area contributed by atoms with E-state index in [0.29, 0.717) is 12.0 Å². The van der Waals surface area contributed by atoms with Crippen LogP contribution >= 0.6 is 0 Å². The molecular weight excluding hydrogens is 194 g/mol. The highest BCUT2D eigenvalue weighted by molar-refractivity contribution is 5.84. The van der Waals surface area contributed by atoms with E-state index in [4.69, 9.17) is 15.7 Å². The Morgan fingerprint density at radius 2 is 2.07 bits per heavy atom. The van der Waals surface area contributed by atoms with Crippen molar-refractivity contribution in [1.82, 2.24) is 5.32 Å². The van der Waals surface area contributed by atoms with Gasteiger partial charge in [0.05, 0.1) is 6.04 Å². The summed E-state index contributed by atoms with van der Waals surface area (Å²) in [6, 6.07) is 0.275. The molecule has 0 aromatic carbocycles. The van der Waals surface area contributed by atoms with Crippen LogP contribution in [0.3, 0.4) is 0 Å². The van der Waals surface area contributed by atoms with Gasteiger partial charge in [0, 0.05) is 19.3 Å². The molecule has 2 atom stereocenters. The van der Waals surface area contributed by atoms with Crippen molar-refractivity contribution in [3.05, 3.63) is 0 Å². The largest absolute Gasteiger partial charge is 0.409 e. The number of oxime groups is 1. The van der Waals surface area contributed by atoms with E-state index in [0.717, 1.165) is 26.1 Å². The molecule has 1 aliphatic heterocycles. The highest BCUT2D eigenvalue weighted by Gasteiger charge is 2.22. The van der Waals surface area contributed by atoms with Crippen LogP contribution in [0.25, 0.3) is 0 Å². The summed E-state index contributed by atoms with van der Waals surface area (Å²) in [4.78, 5) is 0. The molecule has 0 aliphatic carbocycles. The number of hydrogen-bond donors (Lipinski definition) is 3. The fourth-order valence-electron chi connectivity index (χ4n) is 1.92. The molecule has 0 spiro atoms. The van der Waals surface area contributed by atoms with Crippen LogP contribution in [0, 0.1) is 5.92 Å². The molecule has 1 aliphatic rings. The van der Waals surface area contributed by atoms with Crippen molar-refractivity contribution >= 4 is 5.84 Å². The highest BCUT2D eigenvalue weighted by atomic mass is 16.5. The number of nitrogens with zero attached hydrogens (tertiary/aromatic N) is 1. The van der Waals surface area contributed by atoms with Crippen molar-refractivity contribution in [3.8, 4) is 0 Å². The minimum atomic E-state index is -0.0900. The molecule has 88 valence electrons. The van der Waals surface area contributed by atoms with Crippen LogP contribution < -0.4 is 11.1 Å². The molecule has 1 rings (SSSR count). The van der Waals surface area contributed by atoms with Crippen molar-refractivity contribution in [2.45, 2.75) is 38.8 Å². The third kappa shape index (κ3) is 3.68. The van der Waals surface area contributed by atoms with Gasteiger partial charge >= 0.3 is 0 Å². The first-order valence-electron chi connectivity index (χ1n) is 5.46. The summed E-state index contributed by atoms with van der Waals surface area (Å²) in [5.41, 5.74) is 5.51. The summed E-state index contributed by atoms with van der Waals surface area (Å²) >= 11 is 0. The minimum Gasteiger partial charge on any atom is -0.409 e. The molecule has 0 aromatic heterocycles. The van der Waals surface area contributed by atoms with Crippen molar-refractivity contribution < 1.29 is 9.94 Å². The Labute approximate surface area is 90.7 Å². The second kappa shape index (κ2) is 5.92. The SMILES string of the molecule is CC(NC(C)C1CCOCC1)C(N)=NO. The molecule has 0 radical (unpaired) electrons. The molecule has 0 saturated carbocycles. The Balaban J connectivity index is 2.36. The van der Waals surface area contributed by atoms with Crippen molar-refractivity contribution in [1.29, 1.82) is 0 Å². The van der Waals surface area contributed by atoms with Crippen molar-refractivity contribution in [2.24, 2.45) is 16.8 Å². The van der Waals surface area contributed by atoms with Gasteiger partial charge in [-0.25, -0.2) is 0 Å². The fraction of sp³-hybridized carbons (Fsp3) is 0.900.